The molecule has 3 aromatic rings. The number of hydrogen-bond donors (Lipinski definition) is 2. The van der Waals surface area contributed by atoms with E-state index in [9.17, 15) is 4.79 Å². The van der Waals surface area contributed by atoms with E-state index >= 15 is 0 Å². The molecule has 1 aliphatic rings. The Labute approximate surface area is 157 Å². The van der Waals surface area contributed by atoms with Gasteiger partial charge in [-0.1, -0.05) is 23.4 Å². The van der Waals surface area contributed by atoms with Crippen LogP contribution in [-0.2, 0) is 11.2 Å². The molecule has 0 bridgehead atoms. The highest BCUT2D eigenvalue weighted by molar-refractivity contribution is 5.91. The molecule has 140 valence electrons. The topological polar surface area (TPSA) is 93.0 Å². The number of H-pyrrole nitrogens is 1. The van der Waals surface area contributed by atoms with Crippen LogP contribution in [0.25, 0.3) is 0 Å². The van der Waals surface area contributed by atoms with E-state index in [0.717, 1.165) is 36.4 Å². The third kappa shape index (κ3) is 4.36. The van der Waals surface area contributed by atoms with E-state index in [2.05, 4.69) is 20.7 Å². The van der Waals surface area contributed by atoms with Crippen LogP contribution < -0.4 is 10.1 Å². The predicted octanol–water partition coefficient (Wildman–Crippen LogP) is 3.60. The summed E-state index contributed by atoms with van der Waals surface area (Å²) in [4.78, 5) is 12.1. The fourth-order valence-corrected chi connectivity index (χ4v) is 3.48. The first-order chi connectivity index (χ1) is 13.2. The molecule has 2 heterocycles. The number of ether oxygens (including phenoxy) is 1. The van der Waals surface area contributed by atoms with Crippen LogP contribution in [0.15, 0.2) is 47.0 Å². The Hall–Kier alpha value is -3.09. The molecule has 2 aromatic heterocycles. The van der Waals surface area contributed by atoms with E-state index in [-0.39, 0.29) is 18.4 Å². The van der Waals surface area contributed by atoms with Gasteiger partial charge >= 0.3 is 0 Å². The molecule has 0 radical (unpaired) electrons. The number of nitrogens with one attached hydrogen (secondary N) is 2. The lowest BCUT2D eigenvalue weighted by atomic mass is 10.0. The van der Waals surface area contributed by atoms with Gasteiger partial charge in [0.25, 0.3) is 0 Å². The van der Waals surface area contributed by atoms with Crippen LogP contribution in [0.5, 0.6) is 5.75 Å². The highest BCUT2D eigenvalue weighted by atomic mass is 16.5. The summed E-state index contributed by atoms with van der Waals surface area (Å²) >= 11 is 0. The van der Waals surface area contributed by atoms with Crippen molar-refractivity contribution in [3.05, 3.63) is 59.6 Å². The van der Waals surface area contributed by atoms with Gasteiger partial charge < -0.3 is 14.6 Å². The summed E-state index contributed by atoms with van der Waals surface area (Å²) in [5, 5.41) is 13.8. The van der Waals surface area contributed by atoms with Gasteiger partial charge in [-0.15, -0.1) is 0 Å². The Morgan fingerprint density at radius 3 is 2.93 bits per heavy atom. The van der Waals surface area contributed by atoms with Gasteiger partial charge in [0, 0.05) is 23.7 Å². The zero-order valence-corrected chi connectivity index (χ0v) is 15.1. The number of carbonyl (C=O) groups excluding carboxylic acids is 1. The van der Waals surface area contributed by atoms with Crippen LogP contribution in [0.2, 0.25) is 0 Å². The molecule has 0 spiro atoms. The summed E-state index contributed by atoms with van der Waals surface area (Å²) in [5.41, 5.74) is 1.79. The first-order valence-corrected chi connectivity index (χ1v) is 9.15. The molecule has 0 aliphatic heterocycles. The van der Waals surface area contributed by atoms with Crippen molar-refractivity contribution in [1.82, 2.24) is 15.4 Å². The molecule has 2 atom stereocenters. The van der Waals surface area contributed by atoms with Crippen molar-refractivity contribution in [3.8, 4) is 5.75 Å². The van der Waals surface area contributed by atoms with Crippen LogP contribution in [0.4, 0.5) is 5.82 Å². The molecule has 1 aromatic carbocycles. The van der Waals surface area contributed by atoms with Gasteiger partial charge in [-0.25, -0.2) is 0 Å². The second-order valence-corrected chi connectivity index (χ2v) is 6.93. The second-order valence-electron chi connectivity index (χ2n) is 6.93. The number of para-hydroxylation sites is 1. The molecule has 7 heteroatoms. The lowest BCUT2D eigenvalue weighted by molar-refractivity contribution is -0.115. The number of carbonyl (C=O) groups is 1. The van der Waals surface area contributed by atoms with Gasteiger partial charge in [0.2, 0.25) is 5.91 Å². The van der Waals surface area contributed by atoms with Gasteiger partial charge in [-0.2, -0.15) is 5.10 Å². The third-order valence-corrected chi connectivity index (χ3v) is 4.75. The molecule has 27 heavy (non-hydrogen) atoms. The Balaban J connectivity index is 1.31. The van der Waals surface area contributed by atoms with Gasteiger partial charge in [0.05, 0.1) is 18.2 Å². The van der Waals surface area contributed by atoms with Gasteiger partial charge in [-0.3, -0.25) is 9.89 Å². The maximum Gasteiger partial charge on any atom is 0.233 e. The predicted molar refractivity (Wildman–Crippen MR) is 99.6 cm³/mol. The Morgan fingerprint density at radius 2 is 2.15 bits per heavy atom. The number of nitrogens with zero attached hydrogens (tertiary/aromatic N) is 2. The lowest BCUT2D eigenvalue weighted by Crippen LogP contribution is -2.14. The normalized spacial score (nSPS) is 19.1. The molecule has 1 amide bonds. The van der Waals surface area contributed by atoms with Crippen LogP contribution >= 0.6 is 0 Å². The Morgan fingerprint density at radius 1 is 1.30 bits per heavy atom. The Kier molecular flexibility index (Phi) is 4.91. The highest BCUT2D eigenvalue weighted by Gasteiger charge is 2.28. The quantitative estimate of drug-likeness (QED) is 0.695. The molecule has 7 nitrogen and oxygen atoms in total. The van der Waals surface area contributed by atoms with Crippen molar-refractivity contribution in [3.63, 3.8) is 0 Å². The minimum absolute atomic E-state index is 0.138. The Bertz CT molecular complexity index is 903. The monoisotopic (exact) mass is 366 g/mol. The van der Waals surface area contributed by atoms with Crippen molar-refractivity contribution in [2.45, 2.75) is 44.6 Å². The molecular weight excluding hydrogens is 344 g/mol. The zero-order chi connectivity index (χ0) is 18.6. The minimum Gasteiger partial charge on any atom is -0.490 e. The van der Waals surface area contributed by atoms with Gasteiger partial charge in [-0.05, 0) is 38.3 Å². The van der Waals surface area contributed by atoms with E-state index in [4.69, 9.17) is 9.26 Å². The number of benzene rings is 1. The summed E-state index contributed by atoms with van der Waals surface area (Å²) in [7, 11) is 0. The van der Waals surface area contributed by atoms with E-state index in [1.165, 1.54) is 0 Å². The molecule has 1 saturated carbocycles. The van der Waals surface area contributed by atoms with Crippen molar-refractivity contribution in [2.24, 2.45) is 0 Å². The third-order valence-electron chi connectivity index (χ3n) is 4.75. The molecule has 2 N–H and O–H groups in total. The molecule has 4 rings (SSSR count). The maximum absolute atomic E-state index is 12.1. The number of hydrogen-bond acceptors (Lipinski definition) is 5. The lowest BCUT2D eigenvalue weighted by Gasteiger charge is -2.13. The average molecular weight is 366 g/mol. The van der Waals surface area contributed by atoms with Crippen molar-refractivity contribution >= 4 is 11.7 Å². The summed E-state index contributed by atoms with van der Waals surface area (Å²) in [6.45, 7) is 1.82. The molecule has 0 saturated heterocycles. The average Bonchev–Trinajstić information content (AvgIpc) is 3.38. The first kappa shape index (κ1) is 17.3. The van der Waals surface area contributed by atoms with Crippen molar-refractivity contribution in [1.29, 1.82) is 0 Å². The van der Waals surface area contributed by atoms with E-state index in [1.54, 1.807) is 6.07 Å². The summed E-state index contributed by atoms with van der Waals surface area (Å²) < 4.78 is 11.1. The summed E-state index contributed by atoms with van der Waals surface area (Å²) in [6.07, 6.45) is 3.31. The summed E-state index contributed by atoms with van der Waals surface area (Å²) in [6, 6.07) is 13.5. The van der Waals surface area contributed by atoms with E-state index in [0.29, 0.717) is 17.5 Å². The largest absolute Gasteiger partial charge is 0.490 e. The number of rotatable bonds is 6. The van der Waals surface area contributed by atoms with Gasteiger partial charge in [0.1, 0.15) is 11.5 Å². The first-order valence-electron chi connectivity index (χ1n) is 9.15. The van der Waals surface area contributed by atoms with Crippen LogP contribution in [-0.4, -0.2) is 27.4 Å². The molecule has 1 fully saturated rings. The van der Waals surface area contributed by atoms with Crippen LogP contribution in [0.3, 0.4) is 0 Å². The van der Waals surface area contributed by atoms with Crippen molar-refractivity contribution < 1.29 is 14.1 Å². The van der Waals surface area contributed by atoms with E-state index in [1.807, 2.05) is 43.3 Å². The fraction of sp³-hybridized carbons (Fsp3) is 0.350. The number of aryl methyl sites for hydroxylation is 1. The fourth-order valence-electron chi connectivity index (χ4n) is 3.48. The standard InChI is InChI=1S/C20H22N4O3/c1-13-9-17(27-24-13)11-20(25)21-19-12-18(22-23-19)14-7-8-16(10-14)26-15-5-3-2-4-6-15/h2-6,9,12,14,16H,7-8,10-11H2,1H3,(H2,21,22,23,25). The van der Waals surface area contributed by atoms with E-state index < -0.39 is 0 Å². The molecular formula is C20H22N4O3. The highest BCUT2D eigenvalue weighted by Crippen LogP contribution is 2.36. The van der Waals surface area contributed by atoms with Gasteiger partial charge in [0.15, 0.2) is 5.82 Å². The summed E-state index contributed by atoms with van der Waals surface area (Å²) in [5.74, 6) is 2.15. The SMILES string of the molecule is Cc1cc(CC(=O)Nc2cc(C3CCC(Oc4ccccc4)C3)[nH]n2)on1. The van der Waals surface area contributed by atoms with Crippen molar-refractivity contribution in [2.75, 3.05) is 5.32 Å². The van der Waals surface area contributed by atoms with Crippen LogP contribution in [0, 0.1) is 6.92 Å². The molecule has 1 aliphatic carbocycles. The smallest absolute Gasteiger partial charge is 0.233 e. The zero-order valence-electron chi connectivity index (χ0n) is 15.1. The minimum atomic E-state index is -0.180. The second kappa shape index (κ2) is 7.65. The number of amides is 1. The number of anilines is 1. The number of aromatic amines is 1. The van der Waals surface area contributed by atoms with Crippen LogP contribution in [0.1, 0.15) is 42.3 Å². The number of aromatic nitrogens is 3. The molecule has 2 unspecified atom stereocenters. The maximum atomic E-state index is 12.1.